The van der Waals surface area contributed by atoms with Crippen LogP contribution in [0.5, 0.6) is 0 Å². The number of pyridine rings is 1. The Morgan fingerprint density at radius 1 is 1.16 bits per heavy atom. The number of rotatable bonds is 9. The van der Waals surface area contributed by atoms with Gasteiger partial charge in [-0.15, -0.1) is 11.3 Å². The fourth-order valence-corrected chi connectivity index (χ4v) is 9.11. The summed E-state index contributed by atoms with van der Waals surface area (Å²) in [6, 6.07) is 8.98. The smallest absolute Gasteiger partial charge is 0.324 e. The number of cyclic esters (lactones) is 1. The lowest BCUT2D eigenvalue weighted by Gasteiger charge is -2.35. The van der Waals surface area contributed by atoms with Crippen molar-refractivity contribution in [2.75, 3.05) is 26.9 Å². The van der Waals surface area contributed by atoms with E-state index in [4.69, 9.17) is 24.2 Å². The number of esters is 1. The minimum atomic E-state index is -0.844. The van der Waals surface area contributed by atoms with Crippen molar-refractivity contribution in [1.82, 2.24) is 30.3 Å². The molecule has 13 heteroatoms. The average molecular weight is 785 g/mol. The number of methoxy groups -OCH3 is 1. The summed E-state index contributed by atoms with van der Waals surface area (Å²) in [6.45, 7) is 16.2. The maximum atomic E-state index is 14.2. The number of benzene rings is 1. The van der Waals surface area contributed by atoms with E-state index < -0.39 is 23.5 Å². The molecule has 0 spiro atoms. The van der Waals surface area contributed by atoms with Gasteiger partial charge in [0.15, 0.2) is 0 Å². The Bertz CT molecular complexity index is 2080. The summed E-state index contributed by atoms with van der Waals surface area (Å²) in [4.78, 5) is 51.2. The summed E-state index contributed by atoms with van der Waals surface area (Å²) < 4.78 is 20.4. The Labute approximate surface area is 333 Å². The second kappa shape index (κ2) is 16.4. The molecule has 6 bridgehead atoms. The van der Waals surface area contributed by atoms with Gasteiger partial charge in [0.1, 0.15) is 12.1 Å². The van der Waals surface area contributed by atoms with E-state index in [2.05, 4.69) is 67.3 Å². The van der Waals surface area contributed by atoms with Gasteiger partial charge in [-0.3, -0.25) is 24.4 Å². The third-order valence-corrected chi connectivity index (χ3v) is 12.6. The van der Waals surface area contributed by atoms with E-state index in [0.717, 1.165) is 49.7 Å². The zero-order chi connectivity index (χ0) is 39.9. The molecule has 2 aliphatic heterocycles. The van der Waals surface area contributed by atoms with Crippen molar-refractivity contribution in [3.8, 4) is 22.5 Å². The van der Waals surface area contributed by atoms with Crippen LogP contribution in [0.4, 0.5) is 0 Å². The van der Waals surface area contributed by atoms with Gasteiger partial charge in [0.05, 0.1) is 47.5 Å². The van der Waals surface area contributed by atoms with E-state index >= 15 is 0 Å². The lowest BCUT2D eigenvalue weighted by atomic mass is 9.84. The Balaban J connectivity index is 1.37. The highest BCUT2D eigenvalue weighted by molar-refractivity contribution is 7.10. The number of ether oxygens (including phenoxy) is 3. The number of carbonyl (C=O) groups is 3. The van der Waals surface area contributed by atoms with Gasteiger partial charge >= 0.3 is 5.97 Å². The maximum absolute atomic E-state index is 14.2. The third kappa shape index (κ3) is 8.27. The van der Waals surface area contributed by atoms with Crippen LogP contribution in [0.1, 0.15) is 83.7 Å². The van der Waals surface area contributed by atoms with Crippen molar-refractivity contribution >= 4 is 40.0 Å². The first-order valence-corrected chi connectivity index (χ1v) is 20.9. The number of aromatic nitrogens is 3. The predicted octanol–water partition coefficient (Wildman–Crippen LogP) is 6.51. The molecule has 2 fully saturated rings. The van der Waals surface area contributed by atoms with E-state index in [1.165, 1.54) is 16.3 Å². The normalized spacial score (nSPS) is 24.5. The largest absolute Gasteiger partial charge is 0.464 e. The van der Waals surface area contributed by atoms with Gasteiger partial charge in [-0.2, -0.15) is 0 Å². The summed E-state index contributed by atoms with van der Waals surface area (Å²) in [5, 5.41) is 8.40. The molecule has 4 aromatic rings. The van der Waals surface area contributed by atoms with Gasteiger partial charge in [0.2, 0.25) is 5.91 Å². The zero-order valence-corrected chi connectivity index (χ0v) is 34.7. The van der Waals surface area contributed by atoms with Crippen LogP contribution in [-0.4, -0.2) is 82.4 Å². The molecule has 1 saturated carbocycles. The zero-order valence-electron chi connectivity index (χ0n) is 33.9. The van der Waals surface area contributed by atoms with Crippen LogP contribution in [0, 0.1) is 23.2 Å². The molecule has 3 aliphatic rings. The number of hydrazine groups is 1. The van der Waals surface area contributed by atoms with Gasteiger partial charge < -0.3 is 24.1 Å². The van der Waals surface area contributed by atoms with Gasteiger partial charge in [0.25, 0.3) is 5.91 Å². The van der Waals surface area contributed by atoms with Crippen LogP contribution in [0.2, 0.25) is 0 Å². The first kappa shape index (κ1) is 40.0. The number of fused-ring (bicyclic) bond motifs is 6. The van der Waals surface area contributed by atoms with Crippen LogP contribution in [-0.2, 0) is 48.0 Å². The van der Waals surface area contributed by atoms with E-state index in [0.29, 0.717) is 39.0 Å². The summed E-state index contributed by atoms with van der Waals surface area (Å²) in [5.41, 5.74) is 9.43. The Hall–Kier alpha value is -4.17. The van der Waals surface area contributed by atoms with Crippen molar-refractivity contribution in [2.24, 2.45) is 23.2 Å². The molecule has 0 radical (unpaired) electrons. The van der Waals surface area contributed by atoms with Crippen molar-refractivity contribution in [3.63, 3.8) is 0 Å². The van der Waals surface area contributed by atoms with E-state index in [1.807, 2.05) is 32.2 Å². The van der Waals surface area contributed by atoms with Crippen molar-refractivity contribution in [3.05, 3.63) is 58.2 Å². The second-order valence-corrected chi connectivity index (χ2v) is 17.8. The molecular formula is C43H56N6O6S. The number of carbonyl (C=O) groups excluding carboxylic acids is 3. The maximum Gasteiger partial charge on any atom is 0.324 e. The van der Waals surface area contributed by atoms with Crippen molar-refractivity contribution in [2.45, 2.75) is 105 Å². The van der Waals surface area contributed by atoms with E-state index in [1.54, 1.807) is 13.3 Å². The monoisotopic (exact) mass is 784 g/mol. The lowest BCUT2D eigenvalue weighted by molar-refractivity contribution is -0.155. The molecule has 1 aliphatic carbocycles. The molecule has 2 N–H and O–H groups in total. The molecule has 3 aromatic heterocycles. The topological polar surface area (TPSA) is 137 Å². The molecule has 300 valence electrons. The number of amides is 2. The molecule has 1 saturated heterocycles. The Morgan fingerprint density at radius 3 is 2.68 bits per heavy atom. The van der Waals surface area contributed by atoms with Gasteiger partial charge in [0, 0.05) is 71.6 Å². The second-order valence-electron chi connectivity index (χ2n) is 16.8. The molecular weight excluding hydrogens is 729 g/mol. The first-order valence-electron chi connectivity index (χ1n) is 20.0. The van der Waals surface area contributed by atoms with Crippen LogP contribution in [0.15, 0.2) is 41.9 Å². The molecule has 1 aromatic carbocycles. The van der Waals surface area contributed by atoms with Gasteiger partial charge in [-0.25, -0.2) is 10.4 Å². The summed E-state index contributed by atoms with van der Waals surface area (Å²) in [6.07, 6.45) is 3.60. The minimum absolute atomic E-state index is 0.0760. The van der Waals surface area contributed by atoms with E-state index in [9.17, 15) is 14.4 Å². The lowest BCUT2D eigenvalue weighted by Crippen LogP contribution is -2.60. The molecule has 1 unspecified atom stereocenters. The number of hydrogen-bond donors (Lipinski definition) is 2. The van der Waals surface area contributed by atoms with Crippen LogP contribution in [0.25, 0.3) is 33.4 Å². The van der Waals surface area contributed by atoms with Gasteiger partial charge in [-0.05, 0) is 81.7 Å². The fraction of sp³-hybridized carbons (Fsp3) is 0.558. The molecule has 56 heavy (non-hydrogen) atoms. The highest BCUT2D eigenvalue weighted by atomic mass is 32.1. The molecule has 5 heterocycles. The minimum Gasteiger partial charge on any atom is -0.464 e. The molecule has 2 amide bonds. The van der Waals surface area contributed by atoms with Crippen molar-refractivity contribution in [1.29, 1.82) is 0 Å². The quantitative estimate of drug-likeness (QED) is 0.182. The number of nitrogens with zero attached hydrogens (tertiary/aromatic N) is 4. The third-order valence-electron chi connectivity index (χ3n) is 11.7. The molecule has 6 atom stereocenters. The van der Waals surface area contributed by atoms with Crippen LogP contribution >= 0.6 is 11.3 Å². The highest BCUT2D eigenvalue weighted by Gasteiger charge is 2.49. The van der Waals surface area contributed by atoms with Crippen LogP contribution < -0.4 is 10.7 Å². The van der Waals surface area contributed by atoms with Crippen molar-refractivity contribution < 1.29 is 28.6 Å². The fourth-order valence-electron chi connectivity index (χ4n) is 8.26. The average Bonchev–Trinajstić information content (AvgIpc) is 3.45. The Kier molecular flexibility index (Phi) is 11.7. The summed E-state index contributed by atoms with van der Waals surface area (Å²) in [5.74, 6) is -0.405. The predicted molar refractivity (Wildman–Crippen MR) is 217 cm³/mol. The van der Waals surface area contributed by atoms with E-state index in [-0.39, 0.29) is 54.8 Å². The van der Waals surface area contributed by atoms with Gasteiger partial charge in [-0.1, -0.05) is 33.8 Å². The summed E-state index contributed by atoms with van der Waals surface area (Å²) >= 11 is 1.48. The summed E-state index contributed by atoms with van der Waals surface area (Å²) in [7, 11) is 1.70. The Morgan fingerprint density at radius 2 is 1.95 bits per heavy atom. The number of thiazole rings is 1. The molecule has 7 rings (SSSR count). The highest BCUT2D eigenvalue weighted by Crippen LogP contribution is 2.46. The first-order chi connectivity index (χ1) is 26.8. The SMILES string of the molecule is CO[C@@H](C)c1ncccc1-c1c2c3cc(ccc3n1CCOC(C)C)-c1csc(n1)C[C@H](NC(=O)C1[C@@H](C)[C@H]1C)C(=O)N1CCC[C@H](N1)C(=O)OCC(C)(C)C2. The molecule has 12 nitrogen and oxygen atoms in total. The van der Waals surface area contributed by atoms with Crippen LogP contribution in [0.3, 0.4) is 0 Å². The number of nitrogens with one attached hydrogen (secondary N) is 2. The number of hydrogen-bond acceptors (Lipinski definition) is 10. The standard InChI is InChI=1S/C43H56N6O6S/c1-24(2)54-18-17-48-35-14-13-28-19-30(35)31(39(48)29-11-9-15-44-38(29)27(5)53-8)21-43(6,7)23-55-42(52)32-12-10-16-49(47-32)41(51)33(20-36-45-34(28)22-56-36)46-40(50)37-25(3)26(37)4/h9,11,13-15,19,22,24-27,32-33,37,47H,10,12,16-18,20-21,23H2,1-8H3,(H,46,50)/t25-,26+,27-,32-,33-,37?/m0/s1.